The first kappa shape index (κ1) is 26.8. The summed E-state index contributed by atoms with van der Waals surface area (Å²) in [6.07, 6.45) is 3.24. The summed E-state index contributed by atoms with van der Waals surface area (Å²) in [6.45, 7) is 4.13. The van der Waals surface area contributed by atoms with Crippen LogP contribution in [0, 0.1) is 11.2 Å². The van der Waals surface area contributed by atoms with Crippen LogP contribution in [0.3, 0.4) is 0 Å². The second kappa shape index (κ2) is 11.9. The fraction of sp³-hybridized carbons (Fsp3) is 0.387. The smallest absolute Gasteiger partial charge is 0.251 e. The van der Waals surface area contributed by atoms with Gasteiger partial charge >= 0.3 is 0 Å². The maximum Gasteiger partial charge on any atom is 0.251 e. The third-order valence-electron chi connectivity index (χ3n) is 7.87. The molecule has 6 rings (SSSR count). The van der Waals surface area contributed by atoms with Crippen LogP contribution in [0.25, 0.3) is 0 Å². The Hall–Kier alpha value is -3.78. The van der Waals surface area contributed by atoms with Crippen molar-refractivity contribution in [2.75, 3.05) is 40.4 Å². The van der Waals surface area contributed by atoms with Gasteiger partial charge in [0.25, 0.3) is 5.91 Å². The maximum absolute atomic E-state index is 15.4. The van der Waals surface area contributed by atoms with E-state index in [9.17, 15) is 4.79 Å². The predicted molar refractivity (Wildman–Crippen MR) is 146 cm³/mol. The van der Waals surface area contributed by atoms with E-state index in [4.69, 9.17) is 18.9 Å². The molecule has 3 aliphatic heterocycles. The zero-order chi connectivity index (χ0) is 27.2. The Morgan fingerprint density at radius 1 is 0.846 bits per heavy atom. The van der Waals surface area contributed by atoms with Gasteiger partial charge in [0.2, 0.25) is 0 Å². The molecule has 0 aliphatic carbocycles. The van der Waals surface area contributed by atoms with Crippen molar-refractivity contribution < 1.29 is 28.1 Å². The van der Waals surface area contributed by atoms with Gasteiger partial charge < -0.3 is 29.2 Å². The number of hydrogen-bond donors (Lipinski definition) is 1. The number of benzene rings is 3. The summed E-state index contributed by atoms with van der Waals surface area (Å²) in [5, 5.41) is 3.07. The van der Waals surface area contributed by atoms with Crippen LogP contribution >= 0.6 is 0 Å². The predicted octanol–water partition coefficient (Wildman–Crippen LogP) is 5.22. The highest BCUT2D eigenvalue weighted by molar-refractivity contribution is 5.95. The number of fused-ring (bicyclic) bond motifs is 3. The SMILES string of the molecule is COc1ccc(COc2cc(C(=O)NCC34CCN(CC3)CC4)cc(F)c2OCc2ccc(OC)cc2)cc1. The van der Waals surface area contributed by atoms with E-state index in [1.54, 1.807) is 20.3 Å². The molecule has 8 heteroatoms. The van der Waals surface area contributed by atoms with Crippen molar-refractivity contribution in [3.8, 4) is 23.0 Å². The van der Waals surface area contributed by atoms with E-state index in [1.165, 1.54) is 6.07 Å². The summed E-state index contributed by atoms with van der Waals surface area (Å²) in [5.41, 5.74) is 2.06. The summed E-state index contributed by atoms with van der Waals surface area (Å²) >= 11 is 0. The second-order valence-electron chi connectivity index (χ2n) is 10.3. The molecule has 0 atom stereocenters. The molecule has 1 N–H and O–H groups in total. The average Bonchev–Trinajstić information content (AvgIpc) is 2.99. The Labute approximate surface area is 228 Å². The van der Waals surface area contributed by atoms with Crippen LogP contribution in [0.1, 0.15) is 40.7 Å². The zero-order valence-corrected chi connectivity index (χ0v) is 22.5. The summed E-state index contributed by atoms with van der Waals surface area (Å²) < 4.78 is 37.8. The molecule has 206 valence electrons. The number of piperidine rings is 3. The Morgan fingerprint density at radius 2 is 1.38 bits per heavy atom. The van der Waals surface area contributed by atoms with Crippen molar-refractivity contribution in [2.24, 2.45) is 5.41 Å². The number of methoxy groups -OCH3 is 2. The number of hydrogen-bond acceptors (Lipinski definition) is 6. The molecule has 1 amide bonds. The van der Waals surface area contributed by atoms with Crippen molar-refractivity contribution >= 4 is 5.91 Å². The number of carbonyl (C=O) groups is 1. The van der Waals surface area contributed by atoms with Crippen LogP contribution in [0.4, 0.5) is 4.39 Å². The van der Waals surface area contributed by atoms with Gasteiger partial charge in [-0.3, -0.25) is 4.79 Å². The lowest BCUT2D eigenvalue weighted by Gasteiger charge is -2.48. The van der Waals surface area contributed by atoms with Gasteiger partial charge in [-0.05, 0) is 91.8 Å². The largest absolute Gasteiger partial charge is 0.497 e. The number of rotatable bonds is 11. The Balaban J connectivity index is 1.33. The van der Waals surface area contributed by atoms with Gasteiger partial charge in [-0.1, -0.05) is 24.3 Å². The molecule has 7 nitrogen and oxygen atoms in total. The fourth-order valence-corrected chi connectivity index (χ4v) is 5.24. The summed E-state index contributed by atoms with van der Waals surface area (Å²) in [6, 6.07) is 17.5. The van der Waals surface area contributed by atoms with Crippen molar-refractivity contribution in [3.63, 3.8) is 0 Å². The third kappa shape index (κ3) is 6.45. The van der Waals surface area contributed by atoms with E-state index >= 15 is 4.39 Å². The molecule has 0 spiro atoms. The molecule has 3 aromatic carbocycles. The standard InChI is InChI=1S/C31H35FN2O5/c1-36-25-7-3-22(4-8-25)19-38-28-18-24(30(35)33-21-31-11-14-34(15-12-31)16-13-31)17-27(32)29(28)39-20-23-5-9-26(37-2)10-6-23/h3-10,17-18H,11-16,19-21H2,1-2H3,(H,33,35). The van der Waals surface area contributed by atoms with Crippen LogP contribution in [0.5, 0.6) is 23.0 Å². The summed E-state index contributed by atoms with van der Waals surface area (Å²) in [5.74, 6) is 0.636. The number of amides is 1. The van der Waals surface area contributed by atoms with Crippen molar-refractivity contribution in [3.05, 3.63) is 83.2 Å². The van der Waals surface area contributed by atoms with Gasteiger partial charge in [0.15, 0.2) is 17.3 Å². The Morgan fingerprint density at radius 3 is 1.92 bits per heavy atom. The molecule has 39 heavy (non-hydrogen) atoms. The van der Waals surface area contributed by atoms with Gasteiger partial charge in [-0.25, -0.2) is 4.39 Å². The molecule has 0 unspecified atom stereocenters. The second-order valence-corrected chi connectivity index (χ2v) is 10.3. The van der Waals surface area contributed by atoms with E-state index in [0.29, 0.717) is 6.54 Å². The van der Waals surface area contributed by atoms with Gasteiger partial charge in [0.1, 0.15) is 24.7 Å². The quantitative estimate of drug-likeness (QED) is 0.364. The van der Waals surface area contributed by atoms with E-state index in [1.807, 2.05) is 48.5 Å². The number of halogens is 1. The van der Waals surface area contributed by atoms with E-state index < -0.39 is 5.82 Å². The normalized spacial score (nSPS) is 19.8. The molecule has 3 aliphatic rings. The topological polar surface area (TPSA) is 69.3 Å². The molecule has 0 radical (unpaired) electrons. The molecular weight excluding hydrogens is 499 g/mol. The van der Waals surface area contributed by atoms with Crippen LogP contribution < -0.4 is 24.3 Å². The minimum atomic E-state index is -0.648. The number of ether oxygens (including phenoxy) is 4. The van der Waals surface area contributed by atoms with E-state index in [2.05, 4.69) is 10.2 Å². The minimum absolute atomic E-state index is 0.0332. The first-order chi connectivity index (χ1) is 19.0. The molecule has 3 fully saturated rings. The maximum atomic E-state index is 15.4. The van der Waals surface area contributed by atoms with Crippen LogP contribution in [-0.2, 0) is 13.2 Å². The van der Waals surface area contributed by atoms with E-state index in [-0.39, 0.29) is 41.6 Å². The third-order valence-corrected chi connectivity index (χ3v) is 7.87. The monoisotopic (exact) mass is 534 g/mol. The molecular formula is C31H35FN2O5. The Kier molecular flexibility index (Phi) is 8.21. The van der Waals surface area contributed by atoms with Gasteiger partial charge in [0.05, 0.1) is 14.2 Å². The molecule has 3 saturated heterocycles. The summed E-state index contributed by atoms with van der Waals surface area (Å²) in [4.78, 5) is 15.6. The molecule has 2 bridgehead atoms. The first-order valence-electron chi connectivity index (χ1n) is 13.3. The first-order valence-corrected chi connectivity index (χ1v) is 13.3. The van der Waals surface area contributed by atoms with Crippen LogP contribution in [0.15, 0.2) is 60.7 Å². The molecule has 0 saturated carbocycles. The fourth-order valence-electron chi connectivity index (χ4n) is 5.24. The van der Waals surface area contributed by atoms with Crippen LogP contribution in [0.2, 0.25) is 0 Å². The van der Waals surface area contributed by atoms with Crippen molar-refractivity contribution in [2.45, 2.75) is 32.5 Å². The van der Waals surface area contributed by atoms with Crippen molar-refractivity contribution in [1.82, 2.24) is 10.2 Å². The minimum Gasteiger partial charge on any atom is -0.497 e. The highest BCUT2D eigenvalue weighted by atomic mass is 19.1. The van der Waals surface area contributed by atoms with Gasteiger partial charge in [-0.2, -0.15) is 0 Å². The highest BCUT2D eigenvalue weighted by Crippen LogP contribution is 2.39. The van der Waals surface area contributed by atoms with Crippen molar-refractivity contribution in [1.29, 1.82) is 0 Å². The number of nitrogens with zero attached hydrogens (tertiary/aromatic N) is 1. The van der Waals surface area contributed by atoms with E-state index in [0.717, 1.165) is 61.5 Å². The number of carbonyl (C=O) groups excluding carboxylic acids is 1. The number of nitrogens with one attached hydrogen (secondary N) is 1. The van der Waals surface area contributed by atoms with Gasteiger partial charge in [-0.15, -0.1) is 0 Å². The average molecular weight is 535 g/mol. The summed E-state index contributed by atoms with van der Waals surface area (Å²) in [7, 11) is 3.20. The lowest BCUT2D eigenvalue weighted by molar-refractivity contribution is 0.0262. The molecule has 3 heterocycles. The lowest BCUT2D eigenvalue weighted by Crippen LogP contribution is -2.52. The van der Waals surface area contributed by atoms with Crippen LogP contribution in [-0.4, -0.2) is 51.2 Å². The molecule has 3 aromatic rings. The zero-order valence-electron chi connectivity index (χ0n) is 22.5. The molecule has 0 aromatic heterocycles. The van der Waals surface area contributed by atoms with Gasteiger partial charge in [0, 0.05) is 12.1 Å². The Bertz CT molecular complexity index is 1260. The highest BCUT2D eigenvalue weighted by Gasteiger charge is 2.39. The lowest BCUT2D eigenvalue weighted by atomic mass is 9.72.